The van der Waals surface area contributed by atoms with Crippen LogP contribution in [0.4, 0.5) is 0 Å². The summed E-state index contributed by atoms with van der Waals surface area (Å²) in [5.41, 5.74) is 2.10. The number of nitrogens with one attached hydrogen (secondary N) is 1. The first-order valence-corrected chi connectivity index (χ1v) is 9.00. The van der Waals surface area contributed by atoms with Gasteiger partial charge in [0.2, 0.25) is 5.91 Å². The molecule has 0 aliphatic heterocycles. The topological polar surface area (TPSA) is 54.9 Å². The highest BCUT2D eigenvalue weighted by molar-refractivity contribution is 7.11. The van der Waals surface area contributed by atoms with Crippen molar-refractivity contribution in [2.24, 2.45) is 0 Å². The average Bonchev–Trinajstić information content (AvgIpc) is 3.04. The Morgan fingerprint density at radius 3 is 2.90 bits per heavy atom. The quantitative estimate of drug-likeness (QED) is 0.941. The Hall–Kier alpha value is -1.27. The summed E-state index contributed by atoms with van der Waals surface area (Å²) in [6, 6.07) is -0.0205. The maximum atomic E-state index is 12.1. The molecule has 0 radical (unpaired) electrons. The molecule has 1 atom stereocenters. The lowest BCUT2D eigenvalue weighted by molar-refractivity contribution is -0.121. The van der Waals surface area contributed by atoms with Crippen LogP contribution in [0.2, 0.25) is 0 Å². The van der Waals surface area contributed by atoms with Crippen molar-refractivity contribution in [3.05, 3.63) is 31.7 Å². The summed E-state index contributed by atoms with van der Waals surface area (Å²) in [4.78, 5) is 22.5. The normalized spacial score (nSPS) is 15.5. The predicted molar refractivity (Wildman–Crippen MR) is 85.9 cm³/mol. The van der Waals surface area contributed by atoms with E-state index in [1.165, 1.54) is 23.4 Å². The van der Waals surface area contributed by atoms with Gasteiger partial charge < -0.3 is 5.32 Å². The van der Waals surface area contributed by atoms with Crippen molar-refractivity contribution in [1.82, 2.24) is 15.3 Å². The van der Waals surface area contributed by atoms with Crippen molar-refractivity contribution in [1.29, 1.82) is 0 Å². The van der Waals surface area contributed by atoms with E-state index in [1.807, 2.05) is 19.2 Å². The number of amides is 1. The van der Waals surface area contributed by atoms with E-state index in [0.717, 1.165) is 28.6 Å². The molecule has 3 rings (SSSR count). The number of fused-ring (bicyclic) bond motifs is 1. The van der Waals surface area contributed by atoms with E-state index in [-0.39, 0.29) is 11.9 Å². The van der Waals surface area contributed by atoms with Gasteiger partial charge in [0.25, 0.3) is 0 Å². The van der Waals surface area contributed by atoms with Crippen molar-refractivity contribution >= 4 is 28.6 Å². The predicted octanol–water partition coefficient (Wildman–Crippen LogP) is 3.21. The first-order chi connectivity index (χ1) is 10.1. The number of hydrogen-bond donors (Lipinski definition) is 1. The lowest BCUT2D eigenvalue weighted by Crippen LogP contribution is -2.28. The monoisotopic (exact) mass is 321 g/mol. The van der Waals surface area contributed by atoms with Gasteiger partial charge >= 0.3 is 0 Å². The first kappa shape index (κ1) is 14.7. The molecule has 0 fully saturated rings. The second-order valence-electron chi connectivity index (χ2n) is 5.45. The van der Waals surface area contributed by atoms with Crippen molar-refractivity contribution < 1.29 is 4.79 Å². The Morgan fingerprint density at radius 2 is 2.19 bits per heavy atom. The summed E-state index contributed by atoms with van der Waals surface area (Å²) in [6.07, 6.45) is 5.08. The molecule has 0 bridgehead atoms. The minimum Gasteiger partial charge on any atom is -0.347 e. The molecule has 2 heterocycles. The molecule has 1 aliphatic rings. The Morgan fingerprint density at radius 1 is 1.38 bits per heavy atom. The van der Waals surface area contributed by atoms with Gasteiger partial charge in [-0.15, -0.1) is 22.7 Å². The SMILES string of the molecule is Cc1nc(CC(=O)N[C@@H](C)c2nc3c(s2)CCCC3)cs1. The lowest BCUT2D eigenvalue weighted by Gasteiger charge is -2.10. The van der Waals surface area contributed by atoms with Crippen LogP contribution >= 0.6 is 22.7 Å². The van der Waals surface area contributed by atoms with Gasteiger partial charge in [-0.25, -0.2) is 9.97 Å². The highest BCUT2D eigenvalue weighted by Crippen LogP contribution is 2.29. The largest absolute Gasteiger partial charge is 0.347 e. The van der Waals surface area contributed by atoms with Crippen LogP contribution in [0.15, 0.2) is 5.38 Å². The van der Waals surface area contributed by atoms with Crippen molar-refractivity contribution in [2.45, 2.75) is 52.0 Å². The van der Waals surface area contributed by atoms with Gasteiger partial charge in [0, 0.05) is 10.3 Å². The lowest BCUT2D eigenvalue weighted by atomic mass is 10.0. The van der Waals surface area contributed by atoms with Gasteiger partial charge in [-0.1, -0.05) is 0 Å². The molecule has 1 aliphatic carbocycles. The van der Waals surface area contributed by atoms with Gasteiger partial charge in [-0.05, 0) is 39.5 Å². The molecule has 2 aromatic heterocycles. The zero-order valence-corrected chi connectivity index (χ0v) is 13.9. The Kier molecular flexibility index (Phi) is 4.35. The second kappa shape index (κ2) is 6.23. The second-order valence-corrected chi connectivity index (χ2v) is 7.63. The number of thiazole rings is 2. The molecule has 0 saturated heterocycles. The zero-order valence-electron chi connectivity index (χ0n) is 12.3. The van der Waals surface area contributed by atoms with Gasteiger partial charge in [-0.2, -0.15) is 0 Å². The molecule has 0 spiro atoms. The van der Waals surface area contributed by atoms with Gasteiger partial charge in [0.1, 0.15) is 5.01 Å². The summed E-state index contributed by atoms with van der Waals surface area (Å²) in [5, 5.41) is 7.01. The highest BCUT2D eigenvalue weighted by Gasteiger charge is 2.19. The number of carbonyl (C=O) groups is 1. The van der Waals surface area contributed by atoms with Crippen LogP contribution in [0.25, 0.3) is 0 Å². The Labute approximate surface area is 132 Å². The van der Waals surface area contributed by atoms with Crippen LogP contribution in [0.3, 0.4) is 0 Å². The van der Waals surface area contributed by atoms with Gasteiger partial charge in [-0.3, -0.25) is 4.79 Å². The van der Waals surface area contributed by atoms with Crippen molar-refractivity contribution in [2.75, 3.05) is 0 Å². The maximum absolute atomic E-state index is 12.1. The van der Waals surface area contributed by atoms with Crippen LogP contribution in [-0.2, 0) is 24.1 Å². The maximum Gasteiger partial charge on any atom is 0.226 e. The molecule has 2 aromatic rings. The van der Waals surface area contributed by atoms with Crippen LogP contribution in [0, 0.1) is 6.92 Å². The fourth-order valence-corrected chi connectivity index (χ4v) is 4.33. The molecular formula is C15H19N3OS2. The summed E-state index contributed by atoms with van der Waals surface area (Å²) >= 11 is 3.33. The molecule has 0 aromatic carbocycles. The van der Waals surface area contributed by atoms with E-state index in [0.29, 0.717) is 6.42 Å². The van der Waals surface area contributed by atoms with Crippen molar-refractivity contribution in [3.8, 4) is 0 Å². The smallest absolute Gasteiger partial charge is 0.226 e. The Balaban J connectivity index is 1.61. The number of nitrogens with zero attached hydrogens (tertiary/aromatic N) is 2. The minimum absolute atomic E-state index is 0.0148. The molecule has 112 valence electrons. The third-order valence-electron chi connectivity index (χ3n) is 3.62. The summed E-state index contributed by atoms with van der Waals surface area (Å²) in [7, 11) is 0. The molecule has 1 N–H and O–H groups in total. The molecular weight excluding hydrogens is 302 g/mol. The number of aryl methyl sites for hydroxylation is 3. The van der Waals surface area contributed by atoms with Crippen LogP contribution in [0.1, 0.15) is 52.1 Å². The molecule has 6 heteroatoms. The van der Waals surface area contributed by atoms with Crippen LogP contribution in [-0.4, -0.2) is 15.9 Å². The van der Waals surface area contributed by atoms with E-state index in [1.54, 1.807) is 22.7 Å². The molecule has 0 unspecified atom stereocenters. The summed E-state index contributed by atoms with van der Waals surface area (Å²) < 4.78 is 0. The molecule has 0 saturated carbocycles. The van der Waals surface area contributed by atoms with Gasteiger partial charge in [0.15, 0.2) is 0 Å². The first-order valence-electron chi connectivity index (χ1n) is 7.30. The molecule has 21 heavy (non-hydrogen) atoms. The third-order valence-corrected chi connectivity index (χ3v) is 5.78. The van der Waals surface area contributed by atoms with Crippen LogP contribution in [0.5, 0.6) is 0 Å². The average molecular weight is 321 g/mol. The summed E-state index contributed by atoms with van der Waals surface area (Å²) in [6.45, 7) is 3.96. The number of rotatable bonds is 4. The number of aromatic nitrogens is 2. The Bertz CT molecular complexity index is 624. The van der Waals surface area contributed by atoms with E-state index < -0.39 is 0 Å². The highest BCUT2D eigenvalue weighted by atomic mass is 32.1. The third kappa shape index (κ3) is 3.49. The van der Waals surface area contributed by atoms with E-state index in [2.05, 4.69) is 10.3 Å². The standard InChI is InChI=1S/C15H19N3OS2/c1-9(15-18-12-5-3-4-6-13(12)21-15)16-14(19)7-11-8-20-10(2)17-11/h8-9H,3-7H2,1-2H3,(H,16,19)/t9-/m0/s1. The number of hydrogen-bond acceptors (Lipinski definition) is 5. The molecule has 4 nitrogen and oxygen atoms in total. The van der Waals surface area contributed by atoms with E-state index in [9.17, 15) is 4.79 Å². The van der Waals surface area contributed by atoms with Gasteiger partial charge in [0.05, 0.1) is 28.9 Å². The van der Waals surface area contributed by atoms with Crippen LogP contribution < -0.4 is 5.32 Å². The fourth-order valence-electron chi connectivity index (χ4n) is 2.57. The molecule has 1 amide bonds. The van der Waals surface area contributed by atoms with E-state index in [4.69, 9.17) is 4.98 Å². The minimum atomic E-state index is -0.0205. The fraction of sp³-hybridized carbons (Fsp3) is 0.533. The van der Waals surface area contributed by atoms with E-state index >= 15 is 0 Å². The zero-order chi connectivity index (χ0) is 14.8. The number of carbonyl (C=O) groups excluding carboxylic acids is 1. The summed E-state index contributed by atoms with van der Waals surface area (Å²) in [5.74, 6) is 0.0148. The van der Waals surface area contributed by atoms with Crippen molar-refractivity contribution in [3.63, 3.8) is 0 Å².